The zero-order valence-electron chi connectivity index (χ0n) is 13.2. The molecule has 0 radical (unpaired) electrons. The lowest BCUT2D eigenvalue weighted by Crippen LogP contribution is -2.38. The second kappa shape index (κ2) is 7.23. The van der Waals surface area contributed by atoms with Crippen molar-refractivity contribution in [2.45, 2.75) is 19.5 Å². The zero-order valence-corrected chi connectivity index (χ0v) is 13.2. The first kappa shape index (κ1) is 15.5. The molecule has 1 aliphatic heterocycles. The highest BCUT2D eigenvalue weighted by Crippen LogP contribution is 2.18. The van der Waals surface area contributed by atoms with Crippen LogP contribution in [0.4, 0.5) is 5.82 Å². The van der Waals surface area contributed by atoms with Gasteiger partial charge in [0.1, 0.15) is 11.9 Å². The molecule has 0 saturated carbocycles. The number of rotatable bonds is 5. The number of aromatic nitrogens is 3. The van der Waals surface area contributed by atoms with Crippen LogP contribution in [-0.2, 0) is 16.1 Å². The summed E-state index contributed by atoms with van der Waals surface area (Å²) in [5.41, 5.74) is 1.01. The fraction of sp³-hybridized carbons (Fsp3) is 0.438. The summed E-state index contributed by atoms with van der Waals surface area (Å²) < 4.78 is 7.16. The standard InChI is InChI=1S/C16H21N5O2/c1-13(21-6-5-17-12-21)16(22)19-11-14-3-2-4-18-15(14)20-7-9-23-10-8-20/h2-6,12-13H,7-11H2,1H3,(H,19,22)/t13-/m1/s1. The summed E-state index contributed by atoms with van der Waals surface area (Å²) in [5.74, 6) is 0.881. The molecule has 1 aliphatic rings. The number of ether oxygens (including phenoxy) is 1. The third kappa shape index (κ3) is 3.68. The number of morpholine rings is 1. The molecule has 1 amide bonds. The minimum atomic E-state index is -0.291. The summed E-state index contributed by atoms with van der Waals surface area (Å²) in [6.07, 6.45) is 6.88. The highest BCUT2D eigenvalue weighted by Gasteiger charge is 2.18. The number of nitrogens with zero attached hydrogens (tertiary/aromatic N) is 4. The van der Waals surface area contributed by atoms with Crippen molar-refractivity contribution in [2.24, 2.45) is 0 Å². The van der Waals surface area contributed by atoms with E-state index in [0.29, 0.717) is 19.8 Å². The molecule has 1 fully saturated rings. The number of hydrogen-bond donors (Lipinski definition) is 1. The summed E-state index contributed by atoms with van der Waals surface area (Å²) in [4.78, 5) is 22.9. The molecule has 7 heteroatoms. The normalized spacial score (nSPS) is 16.1. The molecule has 23 heavy (non-hydrogen) atoms. The van der Waals surface area contributed by atoms with Crippen LogP contribution >= 0.6 is 0 Å². The molecule has 122 valence electrons. The predicted molar refractivity (Wildman–Crippen MR) is 86.1 cm³/mol. The first-order valence-electron chi connectivity index (χ1n) is 7.77. The lowest BCUT2D eigenvalue weighted by Gasteiger charge is -2.29. The van der Waals surface area contributed by atoms with Crippen LogP contribution < -0.4 is 10.2 Å². The Bertz CT molecular complexity index is 638. The summed E-state index contributed by atoms with van der Waals surface area (Å²) in [7, 11) is 0. The Kier molecular flexibility index (Phi) is 4.87. The molecule has 3 rings (SSSR count). The molecule has 0 spiro atoms. The molecule has 1 saturated heterocycles. The van der Waals surface area contributed by atoms with Crippen molar-refractivity contribution in [1.29, 1.82) is 0 Å². The Balaban J connectivity index is 1.65. The van der Waals surface area contributed by atoms with Crippen LogP contribution in [0.3, 0.4) is 0 Å². The van der Waals surface area contributed by atoms with Crippen LogP contribution in [-0.4, -0.2) is 46.7 Å². The lowest BCUT2D eigenvalue weighted by atomic mass is 10.2. The van der Waals surface area contributed by atoms with Gasteiger partial charge in [-0.25, -0.2) is 9.97 Å². The maximum absolute atomic E-state index is 12.3. The second-order valence-electron chi connectivity index (χ2n) is 5.49. The Hall–Kier alpha value is -2.41. The molecule has 1 N–H and O–H groups in total. The van der Waals surface area contributed by atoms with Crippen LogP contribution in [0.25, 0.3) is 0 Å². The summed E-state index contributed by atoms with van der Waals surface area (Å²) >= 11 is 0. The fourth-order valence-electron chi connectivity index (χ4n) is 2.59. The van der Waals surface area contributed by atoms with Crippen molar-refractivity contribution >= 4 is 11.7 Å². The monoisotopic (exact) mass is 315 g/mol. The predicted octanol–water partition coefficient (Wildman–Crippen LogP) is 0.992. The van der Waals surface area contributed by atoms with Gasteiger partial charge in [0, 0.05) is 43.8 Å². The van der Waals surface area contributed by atoms with E-state index in [0.717, 1.165) is 24.5 Å². The number of nitrogens with one attached hydrogen (secondary N) is 1. The van der Waals surface area contributed by atoms with E-state index < -0.39 is 0 Å². The molecule has 2 aromatic heterocycles. The highest BCUT2D eigenvalue weighted by atomic mass is 16.5. The molecular weight excluding hydrogens is 294 g/mol. The molecule has 0 bridgehead atoms. The van der Waals surface area contributed by atoms with Gasteiger partial charge in [0.15, 0.2) is 0 Å². The number of amides is 1. The minimum absolute atomic E-state index is 0.0419. The van der Waals surface area contributed by atoms with Gasteiger partial charge in [-0.15, -0.1) is 0 Å². The lowest BCUT2D eigenvalue weighted by molar-refractivity contribution is -0.124. The van der Waals surface area contributed by atoms with E-state index in [2.05, 4.69) is 20.2 Å². The second-order valence-corrected chi connectivity index (χ2v) is 5.49. The van der Waals surface area contributed by atoms with Crippen molar-refractivity contribution in [1.82, 2.24) is 19.9 Å². The zero-order chi connectivity index (χ0) is 16.1. The van der Waals surface area contributed by atoms with Crippen LogP contribution in [0.15, 0.2) is 37.1 Å². The van der Waals surface area contributed by atoms with E-state index in [1.807, 2.05) is 19.1 Å². The number of imidazole rings is 1. The van der Waals surface area contributed by atoms with E-state index in [4.69, 9.17) is 4.74 Å². The first-order chi connectivity index (χ1) is 11.3. The molecule has 1 atom stereocenters. The maximum atomic E-state index is 12.3. The van der Waals surface area contributed by atoms with Crippen molar-refractivity contribution < 1.29 is 9.53 Å². The summed E-state index contributed by atoms with van der Waals surface area (Å²) in [6, 6.07) is 3.60. The average Bonchev–Trinajstić information content (AvgIpc) is 3.14. The van der Waals surface area contributed by atoms with Gasteiger partial charge in [-0.2, -0.15) is 0 Å². The molecular formula is C16H21N5O2. The Morgan fingerprint density at radius 3 is 2.96 bits per heavy atom. The number of carbonyl (C=O) groups is 1. The molecule has 2 aromatic rings. The van der Waals surface area contributed by atoms with E-state index in [-0.39, 0.29) is 11.9 Å². The third-order valence-electron chi connectivity index (χ3n) is 3.98. The summed E-state index contributed by atoms with van der Waals surface area (Å²) in [5, 5.41) is 2.98. The molecule has 3 heterocycles. The van der Waals surface area contributed by atoms with Crippen LogP contribution in [0.5, 0.6) is 0 Å². The fourth-order valence-corrected chi connectivity index (χ4v) is 2.59. The maximum Gasteiger partial charge on any atom is 0.243 e. The topological polar surface area (TPSA) is 72.3 Å². The molecule has 0 aliphatic carbocycles. The SMILES string of the molecule is C[C@H](C(=O)NCc1cccnc1N1CCOCC1)n1ccnc1. The number of hydrogen-bond acceptors (Lipinski definition) is 5. The van der Waals surface area contributed by atoms with E-state index >= 15 is 0 Å². The van der Waals surface area contributed by atoms with Gasteiger partial charge >= 0.3 is 0 Å². The van der Waals surface area contributed by atoms with E-state index in [1.165, 1.54) is 0 Å². The van der Waals surface area contributed by atoms with Crippen LogP contribution in [0.2, 0.25) is 0 Å². The van der Waals surface area contributed by atoms with Crippen molar-refractivity contribution in [2.75, 3.05) is 31.2 Å². The number of anilines is 1. The van der Waals surface area contributed by atoms with Gasteiger partial charge in [0.2, 0.25) is 5.91 Å². The minimum Gasteiger partial charge on any atom is -0.378 e. The summed E-state index contributed by atoms with van der Waals surface area (Å²) in [6.45, 7) is 5.37. The largest absolute Gasteiger partial charge is 0.378 e. The van der Waals surface area contributed by atoms with E-state index in [9.17, 15) is 4.79 Å². The molecule has 0 aromatic carbocycles. The third-order valence-corrected chi connectivity index (χ3v) is 3.98. The van der Waals surface area contributed by atoms with Crippen LogP contribution in [0.1, 0.15) is 18.5 Å². The van der Waals surface area contributed by atoms with Crippen LogP contribution in [0, 0.1) is 0 Å². The number of pyridine rings is 1. The Morgan fingerprint density at radius 1 is 1.39 bits per heavy atom. The molecule has 0 unspecified atom stereocenters. The quantitative estimate of drug-likeness (QED) is 0.891. The molecule has 7 nitrogen and oxygen atoms in total. The van der Waals surface area contributed by atoms with Gasteiger partial charge in [0.05, 0.1) is 19.5 Å². The number of carbonyl (C=O) groups excluding carboxylic acids is 1. The highest BCUT2D eigenvalue weighted by molar-refractivity contribution is 5.80. The smallest absolute Gasteiger partial charge is 0.243 e. The first-order valence-corrected chi connectivity index (χ1v) is 7.77. The van der Waals surface area contributed by atoms with Crippen molar-refractivity contribution in [3.63, 3.8) is 0 Å². The van der Waals surface area contributed by atoms with Crippen molar-refractivity contribution in [3.8, 4) is 0 Å². The van der Waals surface area contributed by atoms with Gasteiger partial charge in [-0.3, -0.25) is 4.79 Å². The average molecular weight is 315 g/mol. The van der Waals surface area contributed by atoms with Gasteiger partial charge in [-0.1, -0.05) is 6.07 Å². The van der Waals surface area contributed by atoms with E-state index in [1.54, 1.807) is 29.5 Å². The van der Waals surface area contributed by atoms with Gasteiger partial charge in [0.25, 0.3) is 0 Å². The van der Waals surface area contributed by atoms with Gasteiger partial charge in [-0.05, 0) is 13.0 Å². The Morgan fingerprint density at radius 2 is 2.22 bits per heavy atom. The van der Waals surface area contributed by atoms with Gasteiger partial charge < -0.3 is 19.5 Å². The Labute approximate surface area is 135 Å². The van der Waals surface area contributed by atoms with Crippen molar-refractivity contribution in [3.05, 3.63) is 42.6 Å².